The minimum absolute atomic E-state index is 0.187. The Morgan fingerprint density at radius 3 is 2.10 bits per heavy atom. The Morgan fingerprint density at radius 1 is 1.14 bits per heavy atom. The van der Waals surface area contributed by atoms with E-state index in [2.05, 4.69) is 5.32 Å². The topological polar surface area (TPSA) is 41.1 Å². The fourth-order valence-electron chi connectivity index (χ4n) is 1.46. The van der Waals surface area contributed by atoms with Gasteiger partial charge in [0.05, 0.1) is 0 Å². The predicted octanol–water partition coefficient (Wildman–Crippen LogP) is 4.13. The standard InChI is InChI=1S/C13H17F3N2O.C2H6/c1-8-5-6-9(7-10(8)17-4)11(19)18-12(2,3)13(14,15)16;1-2/h5-7,17H,1-4H3,(H,18,19);1-2H3. The lowest BCUT2D eigenvalue weighted by Gasteiger charge is -2.29. The van der Waals surface area contributed by atoms with E-state index in [0.717, 1.165) is 19.4 Å². The molecule has 0 aliphatic heterocycles. The van der Waals surface area contributed by atoms with Crippen LogP contribution in [0.4, 0.5) is 18.9 Å². The SMILES string of the molecule is CC.CNc1cc(C(=O)NC(C)(C)C(F)(F)F)ccc1C. The van der Waals surface area contributed by atoms with Crippen LogP contribution in [0.3, 0.4) is 0 Å². The lowest BCUT2D eigenvalue weighted by molar-refractivity contribution is -0.182. The van der Waals surface area contributed by atoms with Crippen molar-refractivity contribution in [2.45, 2.75) is 46.3 Å². The minimum atomic E-state index is -4.50. The van der Waals surface area contributed by atoms with Crippen molar-refractivity contribution >= 4 is 11.6 Å². The van der Waals surface area contributed by atoms with Crippen molar-refractivity contribution in [3.05, 3.63) is 29.3 Å². The fraction of sp³-hybridized carbons (Fsp3) is 0.533. The molecule has 0 unspecified atom stereocenters. The maximum absolute atomic E-state index is 12.7. The van der Waals surface area contributed by atoms with Gasteiger partial charge < -0.3 is 10.6 Å². The number of nitrogens with one attached hydrogen (secondary N) is 2. The molecule has 6 heteroatoms. The summed E-state index contributed by atoms with van der Waals surface area (Å²) in [4.78, 5) is 11.8. The van der Waals surface area contributed by atoms with Crippen LogP contribution in [0.25, 0.3) is 0 Å². The monoisotopic (exact) mass is 304 g/mol. The van der Waals surface area contributed by atoms with E-state index in [9.17, 15) is 18.0 Å². The molecule has 1 aromatic rings. The van der Waals surface area contributed by atoms with E-state index in [0.29, 0.717) is 5.69 Å². The molecule has 0 saturated carbocycles. The molecular weight excluding hydrogens is 281 g/mol. The first-order valence-electron chi connectivity index (χ1n) is 6.76. The van der Waals surface area contributed by atoms with Gasteiger partial charge in [-0.2, -0.15) is 13.2 Å². The number of carbonyl (C=O) groups is 1. The van der Waals surface area contributed by atoms with E-state index in [4.69, 9.17) is 0 Å². The second-order valence-corrected chi connectivity index (χ2v) is 4.86. The summed E-state index contributed by atoms with van der Waals surface area (Å²) < 4.78 is 38.1. The van der Waals surface area contributed by atoms with E-state index >= 15 is 0 Å². The Kier molecular flexibility index (Phi) is 6.73. The van der Waals surface area contributed by atoms with Crippen LogP contribution in [-0.2, 0) is 0 Å². The van der Waals surface area contributed by atoms with E-state index in [1.54, 1.807) is 13.1 Å². The molecule has 0 radical (unpaired) electrons. The molecular formula is C15H23F3N2O. The largest absolute Gasteiger partial charge is 0.410 e. The van der Waals surface area contributed by atoms with E-state index < -0.39 is 17.6 Å². The van der Waals surface area contributed by atoms with E-state index in [1.165, 1.54) is 12.1 Å². The van der Waals surface area contributed by atoms with Crippen molar-refractivity contribution in [1.29, 1.82) is 0 Å². The summed E-state index contributed by atoms with van der Waals surface area (Å²) in [6.07, 6.45) is -4.50. The van der Waals surface area contributed by atoms with Gasteiger partial charge in [0.25, 0.3) is 5.91 Å². The molecule has 1 rings (SSSR count). The Balaban J connectivity index is 0.00000191. The molecule has 0 aliphatic rings. The van der Waals surface area contributed by atoms with Crippen LogP contribution in [0.15, 0.2) is 18.2 Å². The number of alkyl halides is 3. The molecule has 3 nitrogen and oxygen atoms in total. The molecule has 0 saturated heterocycles. The second-order valence-electron chi connectivity index (χ2n) is 4.86. The first-order valence-corrected chi connectivity index (χ1v) is 6.76. The molecule has 21 heavy (non-hydrogen) atoms. The van der Waals surface area contributed by atoms with Gasteiger partial charge in [0.1, 0.15) is 5.54 Å². The quantitative estimate of drug-likeness (QED) is 0.881. The average Bonchev–Trinajstić information content (AvgIpc) is 2.39. The number of anilines is 1. The van der Waals surface area contributed by atoms with Gasteiger partial charge in [0.15, 0.2) is 0 Å². The summed E-state index contributed by atoms with van der Waals surface area (Å²) in [6.45, 7) is 7.70. The summed E-state index contributed by atoms with van der Waals surface area (Å²) >= 11 is 0. The molecule has 0 aromatic heterocycles. The highest BCUT2D eigenvalue weighted by molar-refractivity contribution is 5.95. The maximum Gasteiger partial charge on any atom is 0.410 e. The molecule has 2 N–H and O–H groups in total. The van der Waals surface area contributed by atoms with Gasteiger partial charge >= 0.3 is 6.18 Å². The van der Waals surface area contributed by atoms with Crippen LogP contribution in [0.5, 0.6) is 0 Å². The lowest BCUT2D eigenvalue weighted by atomic mass is 10.0. The lowest BCUT2D eigenvalue weighted by Crippen LogP contribution is -2.54. The van der Waals surface area contributed by atoms with Crippen molar-refractivity contribution in [2.75, 3.05) is 12.4 Å². The summed E-state index contributed by atoms with van der Waals surface area (Å²) in [5.74, 6) is -0.751. The Labute approximate surface area is 123 Å². The van der Waals surface area contributed by atoms with Crippen LogP contribution in [0.2, 0.25) is 0 Å². The van der Waals surface area contributed by atoms with Crippen molar-refractivity contribution in [3.63, 3.8) is 0 Å². The van der Waals surface area contributed by atoms with Gasteiger partial charge in [-0.05, 0) is 38.5 Å². The predicted molar refractivity (Wildman–Crippen MR) is 79.7 cm³/mol. The number of hydrogen-bond donors (Lipinski definition) is 2. The average molecular weight is 304 g/mol. The number of halogens is 3. The molecule has 0 bridgehead atoms. The van der Waals surface area contributed by atoms with Crippen LogP contribution < -0.4 is 10.6 Å². The minimum Gasteiger partial charge on any atom is -0.388 e. The molecule has 0 heterocycles. The van der Waals surface area contributed by atoms with Gasteiger partial charge in [-0.25, -0.2) is 0 Å². The summed E-state index contributed by atoms with van der Waals surface area (Å²) in [7, 11) is 1.68. The Bertz CT molecular complexity index is 482. The number of aryl methyl sites for hydroxylation is 1. The summed E-state index contributed by atoms with van der Waals surface area (Å²) in [6, 6.07) is 4.70. The molecule has 1 amide bonds. The number of amides is 1. The Hall–Kier alpha value is -1.72. The fourth-order valence-corrected chi connectivity index (χ4v) is 1.46. The van der Waals surface area contributed by atoms with Crippen molar-refractivity contribution in [3.8, 4) is 0 Å². The number of carbonyl (C=O) groups excluding carboxylic acids is 1. The van der Waals surface area contributed by atoms with Gasteiger partial charge in [-0.1, -0.05) is 19.9 Å². The zero-order chi connectivity index (χ0) is 16.8. The molecule has 120 valence electrons. The van der Waals surface area contributed by atoms with Crippen LogP contribution >= 0.6 is 0 Å². The Morgan fingerprint density at radius 2 is 1.67 bits per heavy atom. The number of rotatable bonds is 3. The first kappa shape index (κ1) is 19.3. The highest BCUT2D eigenvalue weighted by atomic mass is 19.4. The first-order chi connectivity index (χ1) is 9.58. The zero-order valence-corrected chi connectivity index (χ0v) is 13.3. The summed E-state index contributed by atoms with van der Waals surface area (Å²) in [5.41, 5.74) is -0.465. The van der Waals surface area contributed by atoms with E-state index in [1.807, 2.05) is 26.1 Å². The van der Waals surface area contributed by atoms with Crippen LogP contribution in [0.1, 0.15) is 43.6 Å². The maximum atomic E-state index is 12.7. The van der Waals surface area contributed by atoms with Gasteiger partial charge in [-0.15, -0.1) is 0 Å². The number of benzene rings is 1. The number of hydrogen-bond acceptors (Lipinski definition) is 2. The molecule has 0 atom stereocenters. The molecule has 0 fully saturated rings. The normalized spacial score (nSPS) is 11.3. The third-order valence-corrected chi connectivity index (χ3v) is 2.90. The molecule has 1 aromatic carbocycles. The summed E-state index contributed by atoms with van der Waals surface area (Å²) in [5, 5.41) is 4.87. The molecule has 0 spiro atoms. The highest BCUT2D eigenvalue weighted by Crippen LogP contribution is 2.30. The van der Waals surface area contributed by atoms with Crippen molar-refractivity contribution in [2.24, 2.45) is 0 Å². The smallest absolute Gasteiger partial charge is 0.388 e. The van der Waals surface area contributed by atoms with Crippen molar-refractivity contribution in [1.82, 2.24) is 5.32 Å². The molecule has 0 aliphatic carbocycles. The van der Waals surface area contributed by atoms with E-state index in [-0.39, 0.29) is 5.56 Å². The second kappa shape index (κ2) is 7.33. The van der Waals surface area contributed by atoms with Gasteiger partial charge in [0.2, 0.25) is 0 Å². The zero-order valence-electron chi connectivity index (χ0n) is 13.3. The van der Waals surface area contributed by atoms with Gasteiger partial charge in [-0.3, -0.25) is 4.79 Å². The third kappa shape index (κ3) is 4.95. The highest BCUT2D eigenvalue weighted by Gasteiger charge is 2.48. The van der Waals surface area contributed by atoms with Crippen molar-refractivity contribution < 1.29 is 18.0 Å². The third-order valence-electron chi connectivity index (χ3n) is 2.90. The van der Waals surface area contributed by atoms with Crippen LogP contribution in [0, 0.1) is 6.92 Å². The van der Waals surface area contributed by atoms with Gasteiger partial charge in [0, 0.05) is 18.3 Å². The van der Waals surface area contributed by atoms with Crippen LogP contribution in [-0.4, -0.2) is 24.7 Å².